The van der Waals surface area contributed by atoms with Gasteiger partial charge in [0.15, 0.2) is 5.69 Å². The Labute approximate surface area is 195 Å². The van der Waals surface area contributed by atoms with E-state index in [0.29, 0.717) is 12.2 Å². The zero-order valence-electron chi connectivity index (χ0n) is 18.5. The number of aryl methyl sites for hydroxylation is 1. The van der Waals surface area contributed by atoms with Crippen molar-refractivity contribution in [1.82, 2.24) is 15.1 Å². The first-order chi connectivity index (χ1) is 16.4. The first-order valence-corrected chi connectivity index (χ1v) is 11.1. The Morgan fingerprint density at radius 2 is 1.74 bits per heavy atom. The van der Waals surface area contributed by atoms with E-state index in [-0.39, 0.29) is 30.7 Å². The highest BCUT2D eigenvalue weighted by Crippen LogP contribution is 2.44. The summed E-state index contributed by atoms with van der Waals surface area (Å²) in [5, 5.41) is 18.4. The fourth-order valence-corrected chi connectivity index (χ4v) is 4.52. The van der Waals surface area contributed by atoms with Gasteiger partial charge in [0.2, 0.25) is 0 Å². The minimum Gasteiger partial charge on any atom is -0.481 e. The van der Waals surface area contributed by atoms with Crippen molar-refractivity contribution in [3.63, 3.8) is 0 Å². The van der Waals surface area contributed by atoms with Gasteiger partial charge in [-0.1, -0.05) is 48.5 Å². The molecule has 2 aliphatic carbocycles. The van der Waals surface area contributed by atoms with E-state index in [4.69, 9.17) is 9.84 Å². The highest BCUT2D eigenvalue weighted by Gasteiger charge is 2.43. The van der Waals surface area contributed by atoms with Crippen molar-refractivity contribution in [1.29, 1.82) is 0 Å². The third-order valence-electron chi connectivity index (χ3n) is 6.45. The summed E-state index contributed by atoms with van der Waals surface area (Å²) in [5.41, 5.74) is 4.67. The number of aromatic nitrogens is 2. The maximum absolute atomic E-state index is 12.5. The number of ether oxygens (including phenoxy) is 1. The van der Waals surface area contributed by atoms with Gasteiger partial charge < -0.3 is 15.2 Å². The summed E-state index contributed by atoms with van der Waals surface area (Å²) in [5.74, 6) is -1.45. The average molecular weight is 460 g/mol. The summed E-state index contributed by atoms with van der Waals surface area (Å²) >= 11 is 0. The molecular weight excluding hydrogens is 436 g/mol. The van der Waals surface area contributed by atoms with Crippen molar-refractivity contribution in [2.45, 2.75) is 12.3 Å². The van der Waals surface area contributed by atoms with E-state index < -0.39 is 23.9 Å². The summed E-state index contributed by atoms with van der Waals surface area (Å²) in [7, 11) is 1.61. The van der Waals surface area contributed by atoms with Gasteiger partial charge in [0.1, 0.15) is 12.4 Å². The van der Waals surface area contributed by atoms with Crippen LogP contribution in [0.2, 0.25) is 0 Å². The van der Waals surface area contributed by atoms with Crippen LogP contribution in [0, 0.1) is 11.8 Å². The second-order valence-corrected chi connectivity index (χ2v) is 8.64. The van der Waals surface area contributed by atoms with E-state index in [1.165, 1.54) is 10.7 Å². The third kappa shape index (κ3) is 4.12. The maximum atomic E-state index is 12.5. The number of nitrogens with one attached hydrogen (secondary N) is 2. The molecule has 5 rings (SSSR count). The van der Waals surface area contributed by atoms with Crippen molar-refractivity contribution in [3.8, 4) is 11.1 Å². The van der Waals surface area contributed by atoms with Crippen molar-refractivity contribution in [3.05, 3.63) is 71.4 Å². The molecule has 2 atom stereocenters. The van der Waals surface area contributed by atoms with Crippen LogP contribution < -0.4 is 10.6 Å². The van der Waals surface area contributed by atoms with E-state index in [9.17, 15) is 14.4 Å². The molecule has 2 aliphatic rings. The van der Waals surface area contributed by atoms with Gasteiger partial charge in [0, 0.05) is 25.6 Å². The van der Waals surface area contributed by atoms with Gasteiger partial charge in [-0.25, -0.2) is 4.79 Å². The summed E-state index contributed by atoms with van der Waals surface area (Å²) in [6.45, 7) is 0.457. The second kappa shape index (κ2) is 8.66. The monoisotopic (exact) mass is 460 g/mol. The Kier molecular flexibility index (Phi) is 5.53. The van der Waals surface area contributed by atoms with E-state index >= 15 is 0 Å². The highest BCUT2D eigenvalue weighted by molar-refractivity contribution is 5.94. The number of benzene rings is 2. The van der Waals surface area contributed by atoms with Crippen molar-refractivity contribution in [2.24, 2.45) is 18.9 Å². The molecule has 0 radical (unpaired) electrons. The minimum absolute atomic E-state index is 0.0522. The lowest BCUT2D eigenvalue weighted by Crippen LogP contribution is -2.27. The Morgan fingerprint density at radius 1 is 1.09 bits per heavy atom. The number of carboxylic acids is 1. The number of carbonyl (C=O) groups is 3. The second-order valence-electron chi connectivity index (χ2n) is 8.64. The topological polar surface area (TPSA) is 123 Å². The highest BCUT2D eigenvalue weighted by atomic mass is 16.5. The molecule has 1 heterocycles. The zero-order chi connectivity index (χ0) is 23.8. The van der Waals surface area contributed by atoms with Crippen molar-refractivity contribution in [2.75, 3.05) is 18.5 Å². The molecule has 0 unspecified atom stereocenters. The number of rotatable bonds is 7. The van der Waals surface area contributed by atoms with Crippen LogP contribution in [-0.2, 0) is 16.6 Å². The molecule has 9 heteroatoms. The largest absolute Gasteiger partial charge is 0.481 e. The van der Waals surface area contributed by atoms with Crippen LogP contribution >= 0.6 is 0 Å². The lowest BCUT2D eigenvalue weighted by atomic mass is 9.98. The predicted molar refractivity (Wildman–Crippen MR) is 123 cm³/mol. The summed E-state index contributed by atoms with van der Waals surface area (Å²) in [4.78, 5) is 35.8. The van der Waals surface area contributed by atoms with Crippen LogP contribution in [0.5, 0.6) is 0 Å². The van der Waals surface area contributed by atoms with Gasteiger partial charge in [0.05, 0.1) is 5.92 Å². The van der Waals surface area contributed by atoms with Gasteiger partial charge >= 0.3 is 12.1 Å². The first-order valence-electron chi connectivity index (χ1n) is 11.1. The maximum Gasteiger partial charge on any atom is 0.412 e. The molecule has 3 N–H and O–H groups in total. The molecule has 9 nitrogen and oxygen atoms in total. The molecule has 2 amide bonds. The molecule has 0 spiro atoms. The molecule has 0 bridgehead atoms. The average Bonchev–Trinajstić information content (AvgIpc) is 3.44. The van der Waals surface area contributed by atoms with Crippen molar-refractivity contribution < 1.29 is 24.2 Å². The summed E-state index contributed by atoms with van der Waals surface area (Å²) in [6.07, 6.45) is -0.0778. The molecule has 0 aliphatic heterocycles. The molecule has 34 heavy (non-hydrogen) atoms. The number of carbonyl (C=O) groups excluding carboxylic acids is 2. The Morgan fingerprint density at radius 3 is 2.35 bits per heavy atom. The molecule has 3 aromatic rings. The number of aliphatic carboxylic acids is 1. The molecule has 1 aromatic heterocycles. The number of hydrogen-bond acceptors (Lipinski definition) is 5. The third-order valence-corrected chi connectivity index (χ3v) is 6.45. The van der Waals surface area contributed by atoms with E-state index in [2.05, 4.69) is 27.9 Å². The van der Waals surface area contributed by atoms with E-state index in [0.717, 1.165) is 22.3 Å². The van der Waals surface area contributed by atoms with Gasteiger partial charge in [-0.05, 0) is 34.6 Å². The SMILES string of the molecule is Cn1nc(C(=O)NC[C@H]2C[C@H]2C(=O)O)cc1NC(=O)OCC1c2ccccc2-c2ccccc21. The normalized spacial score (nSPS) is 18.0. The zero-order valence-corrected chi connectivity index (χ0v) is 18.5. The Balaban J connectivity index is 1.19. The predicted octanol–water partition coefficient (Wildman–Crippen LogP) is 3.23. The van der Waals surface area contributed by atoms with Crippen LogP contribution in [0.1, 0.15) is 34.0 Å². The van der Waals surface area contributed by atoms with Crippen LogP contribution in [0.4, 0.5) is 10.6 Å². The molecule has 174 valence electrons. The van der Waals surface area contributed by atoms with Crippen LogP contribution in [-0.4, -0.2) is 46.0 Å². The van der Waals surface area contributed by atoms with Gasteiger partial charge in [0.25, 0.3) is 5.91 Å². The van der Waals surface area contributed by atoms with Crippen molar-refractivity contribution >= 4 is 23.8 Å². The minimum atomic E-state index is -0.841. The number of carboxylic acid groups (broad SMARTS) is 1. The smallest absolute Gasteiger partial charge is 0.412 e. The standard InChI is InChI=1S/C25H24N4O5/c1-29-22(11-21(28-29)23(30)26-12-14-10-19(14)24(31)32)27-25(33)34-13-20-17-8-4-2-6-15(17)16-7-3-5-9-18(16)20/h2-9,11,14,19-20H,10,12-13H2,1H3,(H,26,30)(H,27,33)(H,31,32)/t14-,19-/m1/s1. The first kappa shape index (κ1) is 21.7. The number of amides is 2. The van der Waals surface area contributed by atoms with Gasteiger partial charge in [-0.3, -0.25) is 19.6 Å². The molecule has 1 fully saturated rings. The summed E-state index contributed by atoms with van der Waals surface area (Å²) in [6, 6.07) is 17.6. The molecule has 2 aromatic carbocycles. The van der Waals surface area contributed by atoms with Gasteiger partial charge in [-0.15, -0.1) is 0 Å². The van der Waals surface area contributed by atoms with Gasteiger partial charge in [-0.2, -0.15) is 5.10 Å². The Bertz CT molecular complexity index is 1240. The summed E-state index contributed by atoms with van der Waals surface area (Å²) < 4.78 is 6.92. The van der Waals surface area contributed by atoms with Crippen LogP contribution in [0.25, 0.3) is 11.1 Å². The van der Waals surface area contributed by atoms with E-state index in [1.807, 2.05) is 36.4 Å². The number of nitrogens with zero attached hydrogens (tertiary/aromatic N) is 2. The fraction of sp³-hybridized carbons (Fsp3) is 0.280. The molecule has 0 saturated heterocycles. The lowest BCUT2D eigenvalue weighted by molar-refractivity contribution is -0.138. The Hall–Kier alpha value is -4.14. The number of fused-ring (bicyclic) bond motifs is 3. The van der Waals surface area contributed by atoms with E-state index in [1.54, 1.807) is 7.05 Å². The quantitative estimate of drug-likeness (QED) is 0.498. The lowest BCUT2D eigenvalue weighted by Gasteiger charge is -2.14. The fourth-order valence-electron chi connectivity index (χ4n) is 4.52. The van der Waals surface area contributed by atoms with Crippen LogP contribution in [0.3, 0.4) is 0 Å². The number of anilines is 1. The molecular formula is C25H24N4O5. The number of hydrogen-bond donors (Lipinski definition) is 3. The molecule has 1 saturated carbocycles. The van der Waals surface area contributed by atoms with Crippen LogP contribution in [0.15, 0.2) is 54.6 Å².